The van der Waals surface area contributed by atoms with E-state index in [1.807, 2.05) is 27.0 Å². The zero-order chi connectivity index (χ0) is 18.9. The van der Waals surface area contributed by atoms with Crippen molar-refractivity contribution in [3.05, 3.63) is 23.8 Å². The second-order valence-electron chi connectivity index (χ2n) is 7.11. The zero-order valence-electron chi connectivity index (χ0n) is 16.1. The fourth-order valence-corrected chi connectivity index (χ4v) is 3.17. The van der Waals surface area contributed by atoms with Crippen molar-refractivity contribution in [1.29, 1.82) is 0 Å². The van der Waals surface area contributed by atoms with E-state index in [1.54, 1.807) is 17.0 Å². The van der Waals surface area contributed by atoms with Crippen molar-refractivity contribution in [1.82, 2.24) is 4.90 Å². The van der Waals surface area contributed by atoms with Crippen molar-refractivity contribution >= 4 is 23.5 Å². The molecule has 0 aliphatic heterocycles. The third-order valence-corrected chi connectivity index (χ3v) is 4.81. The summed E-state index contributed by atoms with van der Waals surface area (Å²) >= 11 is 0. The third-order valence-electron chi connectivity index (χ3n) is 4.81. The third kappa shape index (κ3) is 6.24. The summed E-state index contributed by atoms with van der Waals surface area (Å²) in [6.07, 6.45) is 6.28. The van der Waals surface area contributed by atoms with Crippen LogP contribution in [0.5, 0.6) is 0 Å². The number of aryl methyl sites for hydroxylation is 1. The standard InChI is InChI=1S/C20H31N3O3/c1-4-5-12-26-20(25)21-17-11-10-15(2)18(13-17)22-19(24)23(3)14-16-8-6-7-9-16/h10-11,13,16H,4-9,12,14H2,1-3H3,(H,21,25)(H,22,24). The summed E-state index contributed by atoms with van der Waals surface area (Å²) in [5.41, 5.74) is 2.24. The Kier molecular flexibility index (Phi) is 7.75. The van der Waals surface area contributed by atoms with E-state index in [2.05, 4.69) is 10.6 Å². The molecule has 0 aromatic heterocycles. The lowest BCUT2D eigenvalue weighted by molar-refractivity contribution is 0.160. The van der Waals surface area contributed by atoms with E-state index in [0.717, 1.165) is 24.9 Å². The molecule has 2 N–H and O–H groups in total. The van der Waals surface area contributed by atoms with Crippen molar-refractivity contribution in [2.75, 3.05) is 30.8 Å². The molecule has 1 aromatic carbocycles. The first kappa shape index (κ1) is 20.1. The Balaban J connectivity index is 1.91. The number of hydrogen-bond acceptors (Lipinski definition) is 3. The smallest absolute Gasteiger partial charge is 0.411 e. The average Bonchev–Trinajstić information content (AvgIpc) is 3.11. The van der Waals surface area contributed by atoms with Gasteiger partial charge in [0.15, 0.2) is 0 Å². The second-order valence-corrected chi connectivity index (χ2v) is 7.11. The Hall–Kier alpha value is -2.24. The van der Waals surface area contributed by atoms with Crippen LogP contribution < -0.4 is 10.6 Å². The summed E-state index contributed by atoms with van der Waals surface area (Å²) in [5.74, 6) is 0.609. The molecular formula is C20H31N3O3. The van der Waals surface area contributed by atoms with Gasteiger partial charge in [0.1, 0.15) is 0 Å². The number of benzene rings is 1. The number of rotatable bonds is 7. The second kappa shape index (κ2) is 10.0. The van der Waals surface area contributed by atoms with Crippen LogP contribution >= 0.6 is 0 Å². The summed E-state index contributed by atoms with van der Waals surface area (Å²) in [4.78, 5) is 26.0. The highest BCUT2D eigenvalue weighted by Crippen LogP contribution is 2.26. The fraction of sp³-hybridized carbons (Fsp3) is 0.600. The fourth-order valence-electron chi connectivity index (χ4n) is 3.17. The predicted molar refractivity (Wildman–Crippen MR) is 105 cm³/mol. The minimum atomic E-state index is -0.474. The SMILES string of the molecule is CCCCOC(=O)Nc1ccc(C)c(NC(=O)N(C)CC2CCCC2)c1. The van der Waals surface area contributed by atoms with E-state index in [0.29, 0.717) is 23.9 Å². The zero-order valence-corrected chi connectivity index (χ0v) is 16.1. The van der Waals surface area contributed by atoms with E-state index in [4.69, 9.17) is 4.74 Å². The van der Waals surface area contributed by atoms with Gasteiger partial charge in [-0.2, -0.15) is 0 Å². The summed E-state index contributed by atoms with van der Waals surface area (Å²) in [5, 5.41) is 5.65. The van der Waals surface area contributed by atoms with Crippen LogP contribution in [-0.4, -0.2) is 37.2 Å². The molecule has 1 aromatic rings. The Labute approximate surface area is 156 Å². The molecule has 0 heterocycles. The molecule has 1 saturated carbocycles. The number of amides is 3. The first-order valence-corrected chi connectivity index (χ1v) is 9.56. The number of nitrogens with one attached hydrogen (secondary N) is 2. The van der Waals surface area contributed by atoms with Gasteiger partial charge in [-0.15, -0.1) is 0 Å². The van der Waals surface area contributed by atoms with Crippen molar-refractivity contribution in [3.8, 4) is 0 Å². The van der Waals surface area contributed by atoms with Crippen LogP contribution in [0.2, 0.25) is 0 Å². The quantitative estimate of drug-likeness (QED) is 0.672. The number of nitrogens with zero attached hydrogens (tertiary/aromatic N) is 1. The number of unbranched alkanes of at least 4 members (excludes halogenated alkanes) is 1. The molecule has 1 aliphatic rings. The van der Waals surface area contributed by atoms with Gasteiger partial charge in [0.2, 0.25) is 0 Å². The van der Waals surface area contributed by atoms with E-state index in [1.165, 1.54) is 25.7 Å². The van der Waals surface area contributed by atoms with Gasteiger partial charge >= 0.3 is 12.1 Å². The number of hydrogen-bond donors (Lipinski definition) is 2. The topological polar surface area (TPSA) is 70.7 Å². The van der Waals surface area contributed by atoms with Crippen molar-refractivity contribution in [3.63, 3.8) is 0 Å². The Morgan fingerprint density at radius 1 is 1.23 bits per heavy atom. The molecule has 2 rings (SSSR count). The summed E-state index contributed by atoms with van der Waals surface area (Å²) in [6, 6.07) is 5.31. The Bertz CT molecular complexity index is 612. The first-order valence-electron chi connectivity index (χ1n) is 9.56. The Morgan fingerprint density at radius 3 is 2.65 bits per heavy atom. The van der Waals surface area contributed by atoms with Gasteiger partial charge in [0, 0.05) is 25.0 Å². The van der Waals surface area contributed by atoms with E-state index in [-0.39, 0.29) is 6.03 Å². The van der Waals surface area contributed by atoms with Crippen LogP contribution in [0, 0.1) is 12.8 Å². The summed E-state index contributed by atoms with van der Waals surface area (Å²) < 4.78 is 5.10. The molecule has 3 amide bonds. The number of carbonyl (C=O) groups excluding carboxylic acids is 2. The van der Waals surface area contributed by atoms with Crippen LogP contribution in [0.4, 0.5) is 21.0 Å². The normalized spacial score (nSPS) is 14.1. The molecule has 1 fully saturated rings. The molecule has 26 heavy (non-hydrogen) atoms. The average molecular weight is 361 g/mol. The largest absolute Gasteiger partial charge is 0.449 e. The molecule has 1 aliphatic carbocycles. The van der Waals surface area contributed by atoms with E-state index < -0.39 is 6.09 Å². The van der Waals surface area contributed by atoms with Crippen LogP contribution in [0.15, 0.2) is 18.2 Å². The number of carbonyl (C=O) groups is 2. The van der Waals surface area contributed by atoms with Crippen LogP contribution in [0.1, 0.15) is 51.0 Å². The van der Waals surface area contributed by atoms with Gasteiger partial charge in [-0.25, -0.2) is 9.59 Å². The molecule has 6 nitrogen and oxygen atoms in total. The van der Waals surface area contributed by atoms with Crippen molar-refractivity contribution in [2.24, 2.45) is 5.92 Å². The lowest BCUT2D eigenvalue weighted by atomic mass is 10.1. The molecule has 0 radical (unpaired) electrons. The predicted octanol–water partition coefficient (Wildman–Crippen LogP) is 5.00. The van der Waals surface area contributed by atoms with Crippen LogP contribution in [-0.2, 0) is 4.74 Å². The van der Waals surface area contributed by atoms with Gasteiger partial charge in [-0.05, 0) is 49.8 Å². The highest BCUT2D eigenvalue weighted by molar-refractivity contribution is 5.92. The van der Waals surface area contributed by atoms with Gasteiger partial charge in [-0.1, -0.05) is 32.3 Å². The van der Waals surface area contributed by atoms with Crippen LogP contribution in [0.25, 0.3) is 0 Å². The summed E-state index contributed by atoms with van der Waals surface area (Å²) in [7, 11) is 1.83. The van der Waals surface area contributed by atoms with Gasteiger partial charge in [0.05, 0.1) is 6.61 Å². The number of urea groups is 1. The van der Waals surface area contributed by atoms with Crippen molar-refractivity contribution in [2.45, 2.75) is 52.4 Å². The molecule has 144 valence electrons. The van der Waals surface area contributed by atoms with E-state index >= 15 is 0 Å². The minimum absolute atomic E-state index is 0.123. The molecule has 0 unspecified atom stereocenters. The van der Waals surface area contributed by atoms with Gasteiger partial charge < -0.3 is 15.0 Å². The van der Waals surface area contributed by atoms with Gasteiger partial charge in [0.25, 0.3) is 0 Å². The molecular weight excluding hydrogens is 330 g/mol. The monoisotopic (exact) mass is 361 g/mol. The number of ether oxygens (including phenoxy) is 1. The molecule has 0 bridgehead atoms. The maximum absolute atomic E-state index is 12.5. The maximum atomic E-state index is 12.5. The van der Waals surface area contributed by atoms with Crippen LogP contribution in [0.3, 0.4) is 0 Å². The Morgan fingerprint density at radius 2 is 1.96 bits per heavy atom. The summed E-state index contributed by atoms with van der Waals surface area (Å²) in [6.45, 7) is 5.16. The molecule has 0 saturated heterocycles. The highest BCUT2D eigenvalue weighted by atomic mass is 16.5. The maximum Gasteiger partial charge on any atom is 0.411 e. The minimum Gasteiger partial charge on any atom is -0.449 e. The lowest BCUT2D eigenvalue weighted by Gasteiger charge is -2.22. The lowest BCUT2D eigenvalue weighted by Crippen LogP contribution is -2.34. The first-order chi connectivity index (χ1) is 12.5. The molecule has 6 heteroatoms. The van der Waals surface area contributed by atoms with E-state index in [9.17, 15) is 9.59 Å². The molecule has 0 atom stereocenters. The molecule has 0 spiro atoms. The van der Waals surface area contributed by atoms with Crippen molar-refractivity contribution < 1.29 is 14.3 Å². The highest BCUT2D eigenvalue weighted by Gasteiger charge is 2.19. The number of anilines is 2. The van der Waals surface area contributed by atoms with Gasteiger partial charge in [-0.3, -0.25) is 5.32 Å².